The average molecular weight is 1620 g/mol. The first kappa shape index (κ1) is 97.8. The summed E-state index contributed by atoms with van der Waals surface area (Å²) >= 11 is 0. The summed E-state index contributed by atoms with van der Waals surface area (Å²) in [6.45, 7) is 0.0703. The molecule has 21 N–H and O–H groups in total. The number of nitrogens with one attached hydrogen (secondary N) is 3. The van der Waals surface area contributed by atoms with Gasteiger partial charge in [0.05, 0.1) is 58.4 Å². The number of carbonyl (C=O) groups excluding carboxylic acids is 3. The highest BCUT2D eigenvalue weighted by molar-refractivity contribution is 5.76. The molecule has 32 atom stereocenters. The highest BCUT2D eigenvalue weighted by atomic mass is 16.8. The molecule has 0 aromatic heterocycles. The van der Waals surface area contributed by atoms with Crippen LogP contribution in [0.15, 0.2) is 12.2 Å². The van der Waals surface area contributed by atoms with Gasteiger partial charge in [-0.2, -0.15) is 0 Å². The second-order valence-electron chi connectivity index (χ2n) is 30.7. The van der Waals surface area contributed by atoms with Gasteiger partial charge in [0, 0.05) is 20.3 Å². The van der Waals surface area contributed by atoms with Crippen molar-refractivity contribution in [2.45, 2.75) is 404 Å². The van der Waals surface area contributed by atoms with Gasteiger partial charge in [0.15, 0.2) is 37.7 Å². The minimum atomic E-state index is -2.27. The normalized spacial score (nSPS) is 37.2. The van der Waals surface area contributed by atoms with Crippen LogP contribution in [-0.4, -0.2) is 352 Å². The Morgan fingerprint density at radius 1 is 0.348 bits per heavy atom. The molecule has 6 heterocycles. The van der Waals surface area contributed by atoms with Crippen molar-refractivity contribution < 1.29 is 163 Å². The molecule has 6 rings (SSSR count). The van der Waals surface area contributed by atoms with Crippen LogP contribution in [0.3, 0.4) is 0 Å². The molecule has 6 fully saturated rings. The second kappa shape index (κ2) is 52.1. The van der Waals surface area contributed by atoms with E-state index in [4.69, 9.17) is 56.8 Å². The molecule has 0 bridgehead atoms. The third-order valence-electron chi connectivity index (χ3n) is 21.7. The quantitative estimate of drug-likeness (QED) is 0.0222. The summed E-state index contributed by atoms with van der Waals surface area (Å²) in [5, 5.41) is 208. The van der Waals surface area contributed by atoms with E-state index in [0.717, 1.165) is 65.2 Å². The zero-order valence-corrected chi connectivity index (χ0v) is 65.6. The molecular formula is C76H137N3O33. The molecule has 0 saturated carbocycles. The maximum absolute atomic E-state index is 13.5. The molecule has 12 unspecified atom stereocenters. The predicted octanol–water partition coefficient (Wildman–Crippen LogP) is -2.42. The van der Waals surface area contributed by atoms with Crippen LogP contribution in [-0.2, 0) is 71.2 Å². The van der Waals surface area contributed by atoms with Crippen molar-refractivity contribution in [2.24, 2.45) is 0 Å². The third-order valence-corrected chi connectivity index (χ3v) is 21.7. The van der Waals surface area contributed by atoms with Crippen molar-refractivity contribution in [3.05, 3.63) is 12.2 Å². The number of carbonyl (C=O) groups is 3. The number of amides is 3. The standard InChI is InChI=1S/C76H137N3O33/c1-5-7-9-11-13-15-17-19-20-22-24-26-28-30-32-34-52(89)79-44(45(88)33-31-29-27-25-23-21-18-16-14-12-10-8-6-2)41-101-73-63(98)60(95)68(50(39-84)106-73)110-75-64(99)61(96)67(51(40-85)107-75)108-72-54(78-43(4)87)69(56(91)47(36-81)102-72)111-76-65(100)70(57(92)48(37-82)104-76)112-71-53(77-42(3)86)58(93)66(49(38-83)105-71)109-74-62(97)59(94)55(90)46(35-80)103-74/h31,33,44-51,53-76,80-85,88,90-100H,5-30,32,34-41H2,1-4H3,(H,77,86)(H,78,87)(H,79,89)/b33-31+/t44-,45+,46?,47?,48?,49?,50?,51?,53?,54?,55-,56-,57-,58+,59-,60+,61+,62?,63?,64?,65?,66-,67-,68+,69+,70-,71-,72-,73+,74-,75-,76-/m0/s1. The van der Waals surface area contributed by atoms with Gasteiger partial charge >= 0.3 is 0 Å². The molecule has 6 aliphatic heterocycles. The van der Waals surface area contributed by atoms with Gasteiger partial charge < -0.3 is 165 Å². The molecule has 3 amide bonds. The molecular weight excluding hydrogens is 1480 g/mol. The van der Waals surface area contributed by atoms with E-state index in [9.17, 15) is 106 Å². The molecule has 36 nitrogen and oxygen atoms in total. The smallest absolute Gasteiger partial charge is 0.220 e. The first-order valence-electron chi connectivity index (χ1n) is 41.0. The molecule has 0 aromatic rings. The molecule has 112 heavy (non-hydrogen) atoms. The number of aliphatic hydroxyl groups excluding tert-OH is 18. The Hall–Kier alpha value is -3.05. The summed E-state index contributed by atoms with van der Waals surface area (Å²) in [7, 11) is 0. The highest BCUT2D eigenvalue weighted by Gasteiger charge is 2.59. The summed E-state index contributed by atoms with van der Waals surface area (Å²) in [6, 6.07) is -4.64. The minimum Gasteiger partial charge on any atom is -0.394 e. The van der Waals surface area contributed by atoms with Crippen LogP contribution in [0.1, 0.15) is 207 Å². The van der Waals surface area contributed by atoms with Gasteiger partial charge in [-0.3, -0.25) is 14.4 Å². The number of hydrogen-bond donors (Lipinski definition) is 21. The van der Waals surface area contributed by atoms with Crippen LogP contribution < -0.4 is 16.0 Å². The van der Waals surface area contributed by atoms with Crippen LogP contribution in [0.4, 0.5) is 0 Å². The van der Waals surface area contributed by atoms with E-state index in [1.807, 2.05) is 6.08 Å². The summed E-state index contributed by atoms with van der Waals surface area (Å²) < 4.78 is 70.9. The first-order chi connectivity index (χ1) is 53.8. The Bertz CT molecular complexity index is 2600. The topological polar surface area (TPSA) is 562 Å². The number of rotatable bonds is 52. The third kappa shape index (κ3) is 29.4. The lowest BCUT2D eigenvalue weighted by molar-refractivity contribution is -0.385. The van der Waals surface area contributed by atoms with E-state index >= 15 is 0 Å². The lowest BCUT2D eigenvalue weighted by atomic mass is 9.93. The van der Waals surface area contributed by atoms with E-state index in [2.05, 4.69) is 29.8 Å². The number of allylic oxidation sites excluding steroid dienone is 1. The van der Waals surface area contributed by atoms with Crippen molar-refractivity contribution in [3.63, 3.8) is 0 Å². The van der Waals surface area contributed by atoms with Gasteiger partial charge in [-0.1, -0.05) is 180 Å². The van der Waals surface area contributed by atoms with Crippen molar-refractivity contribution in [1.82, 2.24) is 16.0 Å². The lowest BCUT2D eigenvalue weighted by Crippen LogP contribution is -2.71. The maximum atomic E-state index is 13.5. The molecule has 6 aliphatic rings. The molecule has 0 aliphatic carbocycles. The van der Waals surface area contributed by atoms with Gasteiger partial charge in [0.2, 0.25) is 17.7 Å². The number of aliphatic hydroxyl groups is 18. The number of unbranched alkanes of at least 4 members (excludes halogenated alkanes) is 25. The molecule has 0 aromatic carbocycles. The molecule has 0 spiro atoms. The second-order valence-corrected chi connectivity index (χ2v) is 30.7. The van der Waals surface area contributed by atoms with E-state index in [0.29, 0.717) is 12.8 Å². The van der Waals surface area contributed by atoms with Crippen LogP contribution in [0.2, 0.25) is 0 Å². The SMILES string of the molecule is CCCCCCCCCCCCC/C=C/[C@@H](O)[C@H](CO[C@@H]1OC(CO)[C@@H](O[C@@H]2OC(CO)[C@H](O[C@@H]3OC(CO)[C@H](O)[C@H](O[C@@H]4OC(CO)[C@H](O)[C@H](O[C@@H]5OC(CO)[C@H](O[C@@H]6OC(CO)[C@H](O)[C@H](O)C6O)[C@H](O)C5NC(C)=O)C4O)C3NC(C)=O)[C@H](O)C2O)[C@H](O)C1O)NC(=O)CCCCCCCCCCCCCCCCC. The molecule has 6 saturated heterocycles. The van der Waals surface area contributed by atoms with Crippen molar-refractivity contribution in [1.29, 1.82) is 0 Å². The van der Waals surface area contributed by atoms with E-state index in [-0.39, 0.29) is 12.3 Å². The van der Waals surface area contributed by atoms with E-state index < -0.39 is 254 Å². The van der Waals surface area contributed by atoms with Gasteiger partial charge in [-0.25, -0.2) is 0 Å². The van der Waals surface area contributed by atoms with Gasteiger partial charge in [0.25, 0.3) is 0 Å². The summed E-state index contributed by atoms with van der Waals surface area (Å²) in [4.78, 5) is 39.2. The zero-order chi connectivity index (χ0) is 82.0. The van der Waals surface area contributed by atoms with Gasteiger partial charge in [-0.05, 0) is 19.3 Å². The first-order valence-corrected chi connectivity index (χ1v) is 41.0. The van der Waals surface area contributed by atoms with E-state index in [1.165, 1.54) is 109 Å². The number of hydrogen-bond acceptors (Lipinski definition) is 33. The summed E-state index contributed by atoms with van der Waals surface area (Å²) in [6.07, 6.45) is -20.5. The largest absolute Gasteiger partial charge is 0.394 e. The van der Waals surface area contributed by atoms with Crippen LogP contribution in [0, 0.1) is 0 Å². The Morgan fingerprint density at radius 3 is 1.14 bits per heavy atom. The lowest BCUT2D eigenvalue weighted by Gasteiger charge is -2.51. The molecule has 0 radical (unpaired) electrons. The van der Waals surface area contributed by atoms with Gasteiger partial charge in [-0.15, -0.1) is 0 Å². The van der Waals surface area contributed by atoms with Gasteiger partial charge in [0.1, 0.15) is 146 Å². The van der Waals surface area contributed by atoms with Crippen molar-refractivity contribution >= 4 is 17.7 Å². The fraction of sp³-hybridized carbons (Fsp3) is 0.934. The fourth-order valence-electron chi connectivity index (χ4n) is 15.1. The van der Waals surface area contributed by atoms with Crippen molar-refractivity contribution in [3.8, 4) is 0 Å². The van der Waals surface area contributed by atoms with Crippen LogP contribution >= 0.6 is 0 Å². The fourth-order valence-corrected chi connectivity index (χ4v) is 15.1. The van der Waals surface area contributed by atoms with E-state index in [1.54, 1.807) is 6.08 Å². The average Bonchev–Trinajstić information content (AvgIpc) is 0.768. The Labute approximate surface area is 656 Å². The molecule has 654 valence electrons. The molecule has 36 heteroatoms. The Kier molecular flexibility index (Phi) is 45.5. The van der Waals surface area contributed by atoms with Crippen LogP contribution in [0.5, 0.6) is 0 Å². The Balaban J connectivity index is 1.09. The van der Waals surface area contributed by atoms with Crippen LogP contribution in [0.25, 0.3) is 0 Å². The minimum absolute atomic E-state index is 0.180. The highest BCUT2D eigenvalue weighted by Crippen LogP contribution is 2.38. The Morgan fingerprint density at radius 2 is 0.679 bits per heavy atom. The summed E-state index contributed by atoms with van der Waals surface area (Å²) in [5.41, 5.74) is 0. The predicted molar refractivity (Wildman–Crippen MR) is 394 cm³/mol. The summed E-state index contributed by atoms with van der Waals surface area (Å²) in [5.74, 6) is -2.05. The zero-order valence-electron chi connectivity index (χ0n) is 65.6. The monoisotopic (exact) mass is 1620 g/mol. The number of ether oxygens (including phenoxy) is 12. The maximum Gasteiger partial charge on any atom is 0.220 e. The van der Waals surface area contributed by atoms with Crippen molar-refractivity contribution in [2.75, 3.05) is 46.2 Å².